The van der Waals surface area contributed by atoms with Crippen LogP contribution in [0, 0.1) is 20.8 Å². The molecule has 0 aliphatic heterocycles. The van der Waals surface area contributed by atoms with E-state index in [1.165, 1.54) is 11.1 Å². The number of amides is 1. The molecule has 3 aromatic rings. The van der Waals surface area contributed by atoms with Crippen molar-refractivity contribution in [3.05, 3.63) is 94.0 Å². The van der Waals surface area contributed by atoms with Gasteiger partial charge in [0.25, 0.3) is 10.0 Å². The molecule has 0 bridgehead atoms. The average Bonchev–Trinajstić information content (AvgIpc) is 2.83. The Morgan fingerprint density at radius 1 is 0.943 bits per heavy atom. The third-order valence-electron chi connectivity index (χ3n) is 5.51. The van der Waals surface area contributed by atoms with Crippen molar-refractivity contribution in [2.24, 2.45) is 0 Å². The van der Waals surface area contributed by atoms with Gasteiger partial charge in [-0.05, 0) is 68.3 Å². The number of halogens is 1. The lowest BCUT2D eigenvalue weighted by atomic mass is 10.2. The Bertz CT molecular complexity index is 1240. The van der Waals surface area contributed by atoms with Crippen molar-refractivity contribution in [2.75, 3.05) is 23.1 Å². The lowest BCUT2D eigenvalue weighted by Gasteiger charge is -2.26. The predicted molar refractivity (Wildman–Crippen MR) is 147 cm³/mol. The summed E-state index contributed by atoms with van der Waals surface area (Å²) in [5.74, 6) is 1.46. The second-order valence-electron chi connectivity index (χ2n) is 8.50. The number of thioether (sulfide) groups is 1. The zero-order chi connectivity index (χ0) is 25.4. The summed E-state index contributed by atoms with van der Waals surface area (Å²) in [4.78, 5) is 12.9. The van der Waals surface area contributed by atoms with E-state index in [4.69, 9.17) is 11.6 Å². The summed E-state index contributed by atoms with van der Waals surface area (Å²) in [5, 5.41) is 3.27. The van der Waals surface area contributed by atoms with Gasteiger partial charge < -0.3 is 5.32 Å². The molecule has 0 aliphatic rings. The Morgan fingerprint density at radius 2 is 1.57 bits per heavy atom. The molecule has 0 fully saturated rings. The van der Waals surface area contributed by atoms with Crippen molar-refractivity contribution in [3.8, 4) is 0 Å². The third-order valence-corrected chi connectivity index (χ3v) is 8.64. The van der Waals surface area contributed by atoms with Crippen LogP contribution in [0.2, 0.25) is 5.02 Å². The highest BCUT2D eigenvalue weighted by Crippen LogP contribution is 2.29. The summed E-state index contributed by atoms with van der Waals surface area (Å²) in [6, 6.07) is 20.1. The largest absolute Gasteiger partial charge is 0.354 e. The van der Waals surface area contributed by atoms with Crippen LogP contribution in [0.1, 0.15) is 28.7 Å². The highest BCUT2D eigenvalue weighted by Gasteiger charge is 2.28. The van der Waals surface area contributed by atoms with Crippen LogP contribution in [-0.4, -0.2) is 33.2 Å². The monoisotopic (exact) mass is 530 g/mol. The Kier molecular flexibility index (Phi) is 9.66. The average molecular weight is 531 g/mol. The van der Waals surface area contributed by atoms with Gasteiger partial charge in [-0.3, -0.25) is 9.10 Å². The van der Waals surface area contributed by atoms with Gasteiger partial charge >= 0.3 is 0 Å². The first-order valence-corrected chi connectivity index (χ1v) is 14.4. The van der Waals surface area contributed by atoms with E-state index in [-0.39, 0.29) is 17.3 Å². The number of hydrogen-bond acceptors (Lipinski definition) is 4. The summed E-state index contributed by atoms with van der Waals surface area (Å²) >= 11 is 7.98. The summed E-state index contributed by atoms with van der Waals surface area (Å²) in [6.07, 6.45) is 0.795. The molecule has 1 amide bonds. The number of nitrogens with one attached hydrogen (secondary N) is 1. The zero-order valence-electron chi connectivity index (χ0n) is 20.3. The molecule has 0 spiro atoms. The summed E-state index contributed by atoms with van der Waals surface area (Å²) in [5.41, 5.74) is 4.58. The van der Waals surface area contributed by atoms with Gasteiger partial charge in [0, 0.05) is 17.3 Å². The molecule has 0 aliphatic carbocycles. The van der Waals surface area contributed by atoms with Gasteiger partial charge in [0.15, 0.2) is 0 Å². The molecular weight excluding hydrogens is 500 g/mol. The first kappa shape index (κ1) is 27.1. The molecule has 3 rings (SSSR count). The molecule has 0 radical (unpaired) electrons. The van der Waals surface area contributed by atoms with E-state index in [1.807, 2.05) is 18.7 Å². The van der Waals surface area contributed by atoms with Crippen molar-refractivity contribution >= 4 is 45.0 Å². The van der Waals surface area contributed by atoms with Crippen LogP contribution in [0.5, 0.6) is 0 Å². The molecule has 0 atom stereocenters. The zero-order valence-corrected chi connectivity index (χ0v) is 22.6. The second-order valence-corrected chi connectivity index (χ2v) is 11.9. The van der Waals surface area contributed by atoms with Crippen molar-refractivity contribution in [1.82, 2.24) is 5.32 Å². The number of nitrogens with zero attached hydrogens (tertiary/aromatic N) is 1. The van der Waals surface area contributed by atoms with E-state index >= 15 is 0 Å². The van der Waals surface area contributed by atoms with Crippen LogP contribution in [-0.2, 0) is 20.6 Å². The number of sulfonamides is 1. The fourth-order valence-electron chi connectivity index (χ4n) is 3.45. The summed E-state index contributed by atoms with van der Waals surface area (Å²) in [7, 11) is -3.97. The number of benzene rings is 3. The minimum Gasteiger partial charge on any atom is -0.354 e. The molecule has 8 heteroatoms. The van der Waals surface area contributed by atoms with E-state index < -0.39 is 10.0 Å². The highest BCUT2D eigenvalue weighted by atomic mass is 35.5. The molecule has 5 nitrogen and oxygen atoms in total. The van der Waals surface area contributed by atoms with Crippen LogP contribution in [0.4, 0.5) is 5.69 Å². The van der Waals surface area contributed by atoms with Crippen LogP contribution in [0.3, 0.4) is 0 Å². The second kappa shape index (κ2) is 12.5. The maximum atomic E-state index is 13.5. The van der Waals surface area contributed by atoms with Gasteiger partial charge in [-0.1, -0.05) is 65.2 Å². The molecule has 0 saturated carbocycles. The normalized spacial score (nSPS) is 11.3. The Hall–Kier alpha value is -2.48. The number of carbonyl (C=O) groups excluding carboxylic acids is 1. The fourth-order valence-corrected chi connectivity index (χ4v) is 6.02. The van der Waals surface area contributed by atoms with Gasteiger partial charge in [0.2, 0.25) is 5.91 Å². The van der Waals surface area contributed by atoms with Gasteiger partial charge in [0.1, 0.15) is 6.54 Å². The molecule has 3 aromatic carbocycles. The van der Waals surface area contributed by atoms with E-state index in [2.05, 4.69) is 36.5 Å². The summed E-state index contributed by atoms with van der Waals surface area (Å²) in [6.45, 7) is 5.91. The number of hydrogen-bond donors (Lipinski definition) is 1. The van der Waals surface area contributed by atoms with E-state index in [1.54, 1.807) is 49.4 Å². The minimum atomic E-state index is -3.97. The Balaban J connectivity index is 1.62. The smallest absolute Gasteiger partial charge is 0.264 e. The minimum absolute atomic E-state index is 0.128. The predicted octanol–water partition coefficient (Wildman–Crippen LogP) is 5.90. The van der Waals surface area contributed by atoms with Gasteiger partial charge in [-0.2, -0.15) is 11.8 Å². The van der Waals surface area contributed by atoms with Gasteiger partial charge in [-0.25, -0.2) is 8.42 Å². The standard InChI is InChI=1S/C27H31ClN2O3S2/c1-20-5-10-23(11-6-20)19-34-16-4-15-29-27(31)18-30(26-17-24(28)12-9-22(26)3)35(32,33)25-13-7-21(2)8-14-25/h5-14,17H,4,15-16,18-19H2,1-3H3,(H,29,31). The SMILES string of the molecule is Cc1ccc(CSCCCNC(=O)CN(c2cc(Cl)ccc2C)S(=O)(=O)c2ccc(C)cc2)cc1. The molecule has 186 valence electrons. The van der Waals surface area contributed by atoms with Crippen molar-refractivity contribution in [1.29, 1.82) is 0 Å². The van der Waals surface area contributed by atoms with Crippen LogP contribution in [0.15, 0.2) is 71.6 Å². The van der Waals surface area contributed by atoms with E-state index in [0.717, 1.165) is 27.8 Å². The molecule has 0 saturated heterocycles. The Labute approximate surface area is 217 Å². The lowest BCUT2D eigenvalue weighted by molar-refractivity contribution is -0.119. The topological polar surface area (TPSA) is 66.5 Å². The van der Waals surface area contributed by atoms with E-state index in [0.29, 0.717) is 22.8 Å². The number of rotatable bonds is 11. The maximum Gasteiger partial charge on any atom is 0.264 e. The van der Waals surface area contributed by atoms with Crippen LogP contribution >= 0.6 is 23.4 Å². The lowest BCUT2D eigenvalue weighted by Crippen LogP contribution is -2.41. The molecule has 0 unspecified atom stereocenters. The highest BCUT2D eigenvalue weighted by molar-refractivity contribution is 7.98. The van der Waals surface area contributed by atoms with Crippen LogP contribution < -0.4 is 9.62 Å². The Morgan fingerprint density at radius 3 is 2.23 bits per heavy atom. The van der Waals surface area contributed by atoms with Gasteiger partial charge in [-0.15, -0.1) is 0 Å². The van der Waals surface area contributed by atoms with Gasteiger partial charge in [0.05, 0.1) is 10.6 Å². The molecule has 0 aromatic heterocycles. The first-order valence-electron chi connectivity index (χ1n) is 11.4. The number of carbonyl (C=O) groups is 1. The summed E-state index contributed by atoms with van der Waals surface area (Å²) < 4.78 is 28.2. The van der Waals surface area contributed by atoms with Crippen LogP contribution in [0.25, 0.3) is 0 Å². The molecule has 1 N–H and O–H groups in total. The fraction of sp³-hybridized carbons (Fsp3) is 0.296. The van der Waals surface area contributed by atoms with Crippen molar-refractivity contribution in [3.63, 3.8) is 0 Å². The molecular formula is C27H31ClN2O3S2. The van der Waals surface area contributed by atoms with E-state index in [9.17, 15) is 13.2 Å². The number of anilines is 1. The molecule has 35 heavy (non-hydrogen) atoms. The molecule has 0 heterocycles. The third kappa shape index (κ3) is 7.75. The quantitative estimate of drug-likeness (QED) is 0.313. The first-order chi connectivity index (χ1) is 16.7. The van der Waals surface area contributed by atoms with Crippen molar-refractivity contribution in [2.45, 2.75) is 37.8 Å². The number of aryl methyl sites for hydroxylation is 3. The van der Waals surface area contributed by atoms with Crippen molar-refractivity contribution < 1.29 is 13.2 Å². The maximum absolute atomic E-state index is 13.5.